The van der Waals surface area contributed by atoms with Crippen molar-refractivity contribution in [2.75, 3.05) is 0 Å². The van der Waals surface area contributed by atoms with Crippen molar-refractivity contribution in [1.29, 1.82) is 0 Å². The van der Waals surface area contributed by atoms with Crippen molar-refractivity contribution in [2.24, 2.45) is 0 Å². The van der Waals surface area contributed by atoms with Gasteiger partial charge >= 0.3 is 0 Å². The van der Waals surface area contributed by atoms with E-state index in [1.54, 1.807) is 51.2 Å². The minimum absolute atomic E-state index is 0.0917. The summed E-state index contributed by atoms with van der Waals surface area (Å²) < 4.78 is 33.8. The summed E-state index contributed by atoms with van der Waals surface area (Å²) in [4.78, 5) is 25.9. The largest absolute Gasteiger partial charge is 0.471 e. The van der Waals surface area contributed by atoms with Gasteiger partial charge in [0.2, 0.25) is 5.88 Å². The zero-order chi connectivity index (χ0) is 25.3. The number of hydrogen-bond acceptors (Lipinski definition) is 6. The van der Waals surface area contributed by atoms with Crippen molar-refractivity contribution in [3.8, 4) is 22.8 Å². The number of aliphatic hydroxyl groups is 1. The first-order valence-electron chi connectivity index (χ1n) is 10.6. The number of halogens is 3. The van der Waals surface area contributed by atoms with Crippen LogP contribution >= 0.6 is 11.6 Å². The number of aryl methyl sites for hydroxylation is 1. The van der Waals surface area contributed by atoms with Gasteiger partial charge in [-0.05, 0) is 51.1 Å². The SMILES string of the molecule is Cc1nc(OCc2ccc(F)cc2F)c(Cl)c(=O)n1-c1cccc(-c2ccnc(C(C)(C)O)n2)c1. The van der Waals surface area contributed by atoms with Crippen molar-refractivity contribution in [1.82, 2.24) is 19.5 Å². The lowest BCUT2D eigenvalue weighted by molar-refractivity contribution is 0.0688. The Balaban J connectivity index is 1.67. The van der Waals surface area contributed by atoms with Gasteiger partial charge < -0.3 is 9.84 Å². The molecule has 0 aliphatic heterocycles. The number of benzene rings is 2. The van der Waals surface area contributed by atoms with Crippen LogP contribution in [0.1, 0.15) is 31.1 Å². The van der Waals surface area contributed by atoms with E-state index in [4.69, 9.17) is 16.3 Å². The molecule has 180 valence electrons. The Bertz CT molecular complexity index is 1470. The molecule has 4 aromatic rings. The first-order valence-corrected chi connectivity index (χ1v) is 10.9. The van der Waals surface area contributed by atoms with Gasteiger partial charge in [-0.2, -0.15) is 4.98 Å². The van der Waals surface area contributed by atoms with Crippen LogP contribution in [0.15, 0.2) is 59.5 Å². The van der Waals surface area contributed by atoms with Crippen LogP contribution in [-0.4, -0.2) is 24.6 Å². The normalized spacial score (nSPS) is 11.5. The minimum Gasteiger partial charge on any atom is -0.471 e. The summed E-state index contributed by atoms with van der Waals surface area (Å²) in [5, 5.41) is 9.94. The molecule has 0 aliphatic rings. The van der Waals surface area contributed by atoms with Crippen LogP contribution in [0.5, 0.6) is 5.88 Å². The van der Waals surface area contributed by atoms with Gasteiger partial charge in [0, 0.05) is 23.4 Å². The van der Waals surface area contributed by atoms with Crippen LogP contribution in [0.4, 0.5) is 8.78 Å². The summed E-state index contributed by atoms with van der Waals surface area (Å²) in [6.45, 7) is 4.50. The van der Waals surface area contributed by atoms with Crippen molar-refractivity contribution < 1.29 is 18.6 Å². The van der Waals surface area contributed by atoms with Gasteiger partial charge in [-0.1, -0.05) is 23.7 Å². The highest BCUT2D eigenvalue weighted by molar-refractivity contribution is 6.31. The summed E-state index contributed by atoms with van der Waals surface area (Å²) in [5.74, 6) is -1.10. The molecule has 2 aromatic heterocycles. The summed E-state index contributed by atoms with van der Waals surface area (Å²) in [7, 11) is 0. The van der Waals surface area contributed by atoms with Gasteiger partial charge in [0.25, 0.3) is 5.56 Å². The Hall–Kier alpha value is -3.69. The maximum Gasteiger partial charge on any atom is 0.280 e. The van der Waals surface area contributed by atoms with E-state index in [1.807, 2.05) is 6.07 Å². The predicted molar refractivity (Wildman–Crippen MR) is 127 cm³/mol. The molecule has 0 fully saturated rings. The molecule has 2 heterocycles. The second-order valence-electron chi connectivity index (χ2n) is 8.32. The standard InChI is InChI=1S/C25H21ClF2N4O3/c1-14-30-22(35-13-16-7-8-17(27)12-19(16)28)21(26)23(33)32(14)18-6-4-5-15(11-18)20-9-10-29-24(31-20)25(2,3)34/h4-12,34H,13H2,1-3H3. The first-order chi connectivity index (χ1) is 16.5. The summed E-state index contributed by atoms with van der Waals surface area (Å²) >= 11 is 6.26. The monoisotopic (exact) mass is 498 g/mol. The third kappa shape index (κ3) is 5.21. The number of rotatable bonds is 6. The molecule has 2 aromatic carbocycles. The van der Waals surface area contributed by atoms with E-state index in [2.05, 4.69) is 15.0 Å². The van der Waals surface area contributed by atoms with Gasteiger partial charge in [-0.25, -0.2) is 18.7 Å². The molecule has 0 bridgehead atoms. The van der Waals surface area contributed by atoms with Crippen LogP contribution in [0.25, 0.3) is 16.9 Å². The molecular weight excluding hydrogens is 478 g/mol. The molecule has 0 unspecified atom stereocenters. The van der Waals surface area contributed by atoms with Gasteiger partial charge in [0.05, 0.1) is 11.4 Å². The summed E-state index contributed by atoms with van der Waals surface area (Å²) in [6, 6.07) is 11.8. The number of aromatic nitrogens is 4. The Morgan fingerprint density at radius 2 is 1.89 bits per heavy atom. The molecule has 0 spiro atoms. The number of ether oxygens (including phenoxy) is 1. The zero-order valence-corrected chi connectivity index (χ0v) is 19.8. The second-order valence-corrected chi connectivity index (χ2v) is 8.70. The number of nitrogens with zero attached hydrogens (tertiary/aromatic N) is 4. The molecule has 0 amide bonds. The van der Waals surface area contributed by atoms with E-state index >= 15 is 0 Å². The van der Waals surface area contributed by atoms with Crippen molar-refractivity contribution in [2.45, 2.75) is 33.0 Å². The minimum atomic E-state index is -1.22. The predicted octanol–water partition coefficient (Wildman–Crippen LogP) is 4.74. The molecule has 7 nitrogen and oxygen atoms in total. The molecule has 0 aliphatic carbocycles. The Morgan fingerprint density at radius 1 is 1.11 bits per heavy atom. The van der Waals surface area contributed by atoms with Crippen molar-refractivity contribution in [3.05, 3.63) is 99.0 Å². The van der Waals surface area contributed by atoms with Gasteiger partial charge in [-0.3, -0.25) is 9.36 Å². The molecule has 4 rings (SSSR count). The smallest absolute Gasteiger partial charge is 0.280 e. The third-order valence-corrected chi connectivity index (χ3v) is 5.47. The maximum absolute atomic E-state index is 13.9. The lowest BCUT2D eigenvalue weighted by Gasteiger charge is -2.16. The highest BCUT2D eigenvalue weighted by Gasteiger charge is 2.21. The van der Waals surface area contributed by atoms with Crippen LogP contribution in [0.3, 0.4) is 0 Å². The summed E-state index contributed by atoms with van der Waals surface area (Å²) in [5.41, 5.74) is 0.0272. The Labute approximate surface area is 204 Å². The fraction of sp³-hybridized carbons (Fsp3) is 0.200. The molecule has 0 saturated carbocycles. The average molecular weight is 499 g/mol. The van der Waals surface area contributed by atoms with Crippen LogP contribution in [0, 0.1) is 18.6 Å². The second kappa shape index (κ2) is 9.52. The molecule has 35 heavy (non-hydrogen) atoms. The fourth-order valence-corrected chi connectivity index (χ4v) is 3.57. The van der Waals surface area contributed by atoms with Gasteiger partial charge in [0.1, 0.15) is 29.7 Å². The highest BCUT2D eigenvalue weighted by atomic mass is 35.5. The fourth-order valence-electron chi connectivity index (χ4n) is 3.39. The highest BCUT2D eigenvalue weighted by Crippen LogP contribution is 2.25. The average Bonchev–Trinajstić information content (AvgIpc) is 2.81. The third-order valence-electron chi connectivity index (χ3n) is 5.15. The van der Waals surface area contributed by atoms with E-state index in [0.717, 1.165) is 12.1 Å². The lowest BCUT2D eigenvalue weighted by atomic mass is 10.1. The first kappa shape index (κ1) is 24.4. The van der Waals surface area contributed by atoms with E-state index in [9.17, 15) is 18.7 Å². The van der Waals surface area contributed by atoms with Crippen LogP contribution in [-0.2, 0) is 12.2 Å². The molecular formula is C25H21ClF2N4O3. The topological polar surface area (TPSA) is 90.1 Å². The molecule has 0 saturated heterocycles. The van der Waals surface area contributed by atoms with Crippen LogP contribution in [0.2, 0.25) is 5.02 Å². The number of hydrogen-bond donors (Lipinski definition) is 1. The Morgan fingerprint density at radius 3 is 2.60 bits per heavy atom. The van der Waals surface area contributed by atoms with Gasteiger partial charge in [-0.15, -0.1) is 0 Å². The zero-order valence-electron chi connectivity index (χ0n) is 19.1. The van der Waals surface area contributed by atoms with Crippen molar-refractivity contribution >= 4 is 11.6 Å². The molecule has 1 N–H and O–H groups in total. The van der Waals surface area contributed by atoms with E-state index in [1.165, 1.54) is 10.6 Å². The van der Waals surface area contributed by atoms with Gasteiger partial charge in [0.15, 0.2) is 10.8 Å². The molecule has 10 heteroatoms. The van der Waals surface area contributed by atoms with Crippen molar-refractivity contribution in [3.63, 3.8) is 0 Å². The molecule has 0 radical (unpaired) electrons. The van der Waals surface area contributed by atoms with E-state index < -0.39 is 22.8 Å². The van der Waals surface area contributed by atoms with E-state index in [0.29, 0.717) is 16.9 Å². The Kier molecular flexibility index (Phi) is 6.64. The maximum atomic E-state index is 13.9. The van der Waals surface area contributed by atoms with Crippen LogP contribution < -0.4 is 10.3 Å². The lowest BCUT2D eigenvalue weighted by Crippen LogP contribution is -2.23. The van der Waals surface area contributed by atoms with E-state index in [-0.39, 0.29) is 34.7 Å². The summed E-state index contributed by atoms with van der Waals surface area (Å²) in [6.07, 6.45) is 1.55. The molecule has 0 atom stereocenters. The quantitative estimate of drug-likeness (QED) is 0.413.